The standard InChI is InChI=1S/C11H19N3O/c1-7(2)10(15)11-13-9(6-14(11)5)12-8(3)4/h6-8,12H,1-5H3. The maximum Gasteiger partial charge on any atom is 0.200 e. The van der Waals surface area contributed by atoms with Gasteiger partial charge in [0.1, 0.15) is 5.82 Å². The van der Waals surface area contributed by atoms with Gasteiger partial charge in [0.15, 0.2) is 5.82 Å². The molecule has 1 N–H and O–H groups in total. The van der Waals surface area contributed by atoms with E-state index in [0.29, 0.717) is 11.9 Å². The van der Waals surface area contributed by atoms with Crippen molar-refractivity contribution in [3.8, 4) is 0 Å². The topological polar surface area (TPSA) is 46.9 Å². The number of hydrogen-bond acceptors (Lipinski definition) is 3. The van der Waals surface area contributed by atoms with E-state index in [-0.39, 0.29) is 11.7 Å². The lowest BCUT2D eigenvalue weighted by atomic mass is 10.1. The van der Waals surface area contributed by atoms with Crippen LogP contribution < -0.4 is 5.32 Å². The van der Waals surface area contributed by atoms with Crippen molar-refractivity contribution in [3.05, 3.63) is 12.0 Å². The average Bonchev–Trinajstić information content (AvgIpc) is 2.44. The first-order valence-corrected chi connectivity index (χ1v) is 5.26. The molecule has 0 fully saturated rings. The van der Waals surface area contributed by atoms with E-state index in [1.54, 1.807) is 4.57 Å². The summed E-state index contributed by atoms with van der Waals surface area (Å²) < 4.78 is 1.77. The van der Waals surface area contributed by atoms with Gasteiger partial charge in [-0.1, -0.05) is 13.8 Å². The van der Waals surface area contributed by atoms with Crippen LogP contribution in [-0.4, -0.2) is 21.4 Å². The third-order valence-electron chi connectivity index (χ3n) is 2.06. The highest BCUT2D eigenvalue weighted by Gasteiger charge is 2.17. The second-order valence-electron chi connectivity index (χ2n) is 4.38. The zero-order valence-electron chi connectivity index (χ0n) is 10.0. The number of anilines is 1. The molecule has 0 saturated carbocycles. The fraction of sp³-hybridized carbons (Fsp3) is 0.636. The van der Waals surface area contributed by atoms with Crippen molar-refractivity contribution in [2.24, 2.45) is 13.0 Å². The number of rotatable bonds is 4. The highest BCUT2D eigenvalue weighted by molar-refractivity contribution is 5.94. The highest BCUT2D eigenvalue weighted by Crippen LogP contribution is 2.12. The number of imidazole rings is 1. The summed E-state index contributed by atoms with van der Waals surface area (Å²) in [5, 5.41) is 3.18. The van der Waals surface area contributed by atoms with E-state index in [2.05, 4.69) is 10.3 Å². The number of aromatic nitrogens is 2. The molecule has 1 aromatic heterocycles. The number of carbonyl (C=O) groups excluding carboxylic acids is 1. The van der Waals surface area contributed by atoms with Crippen LogP contribution in [0, 0.1) is 5.92 Å². The van der Waals surface area contributed by atoms with Crippen molar-refractivity contribution in [3.63, 3.8) is 0 Å². The van der Waals surface area contributed by atoms with Crippen LogP contribution in [0.15, 0.2) is 6.20 Å². The number of ketones is 1. The molecule has 0 atom stereocenters. The van der Waals surface area contributed by atoms with E-state index in [4.69, 9.17) is 0 Å². The molecule has 0 aliphatic carbocycles. The minimum atomic E-state index is -0.0157. The smallest absolute Gasteiger partial charge is 0.200 e. The number of carbonyl (C=O) groups is 1. The molecular formula is C11H19N3O. The molecule has 1 aromatic rings. The number of nitrogens with zero attached hydrogens (tertiary/aromatic N) is 2. The van der Waals surface area contributed by atoms with Gasteiger partial charge in [0.25, 0.3) is 0 Å². The van der Waals surface area contributed by atoms with Gasteiger partial charge in [-0.05, 0) is 13.8 Å². The minimum absolute atomic E-state index is 0.0157. The first-order chi connectivity index (χ1) is 6.91. The Hall–Kier alpha value is -1.32. The first-order valence-electron chi connectivity index (χ1n) is 5.26. The number of nitrogens with one attached hydrogen (secondary N) is 1. The average molecular weight is 209 g/mol. The summed E-state index contributed by atoms with van der Waals surface area (Å²) in [5.41, 5.74) is 0. The largest absolute Gasteiger partial charge is 0.367 e. The van der Waals surface area contributed by atoms with E-state index in [1.807, 2.05) is 40.9 Å². The molecule has 0 spiro atoms. The third kappa shape index (κ3) is 2.81. The summed E-state index contributed by atoms with van der Waals surface area (Å²) >= 11 is 0. The van der Waals surface area contributed by atoms with E-state index in [9.17, 15) is 4.79 Å². The summed E-state index contributed by atoms with van der Waals surface area (Å²) in [6.07, 6.45) is 1.84. The molecule has 0 aromatic carbocycles. The Morgan fingerprint density at radius 1 is 1.40 bits per heavy atom. The lowest BCUT2D eigenvalue weighted by molar-refractivity contribution is 0.0926. The number of aryl methyl sites for hydroxylation is 1. The molecule has 4 nitrogen and oxygen atoms in total. The minimum Gasteiger partial charge on any atom is -0.367 e. The SMILES string of the molecule is CC(C)Nc1cn(C)c(C(=O)C(C)C)n1. The summed E-state index contributed by atoms with van der Waals surface area (Å²) in [5.74, 6) is 1.34. The molecule has 15 heavy (non-hydrogen) atoms. The van der Waals surface area contributed by atoms with Gasteiger partial charge in [-0.2, -0.15) is 0 Å². The first kappa shape index (κ1) is 11.8. The molecule has 0 radical (unpaired) electrons. The van der Waals surface area contributed by atoms with Crippen molar-refractivity contribution in [2.45, 2.75) is 33.7 Å². The second-order valence-corrected chi connectivity index (χ2v) is 4.38. The fourth-order valence-electron chi connectivity index (χ4n) is 1.32. The van der Waals surface area contributed by atoms with Crippen LogP contribution >= 0.6 is 0 Å². The monoisotopic (exact) mass is 209 g/mol. The van der Waals surface area contributed by atoms with Crippen LogP contribution in [0.25, 0.3) is 0 Å². The number of hydrogen-bond donors (Lipinski definition) is 1. The Morgan fingerprint density at radius 2 is 2.00 bits per heavy atom. The van der Waals surface area contributed by atoms with E-state index >= 15 is 0 Å². The lowest BCUT2D eigenvalue weighted by Gasteiger charge is -2.04. The van der Waals surface area contributed by atoms with Gasteiger partial charge in [-0.3, -0.25) is 4.79 Å². The predicted molar refractivity (Wildman–Crippen MR) is 61.1 cm³/mol. The quantitative estimate of drug-likeness (QED) is 0.772. The highest BCUT2D eigenvalue weighted by atomic mass is 16.1. The molecule has 0 bridgehead atoms. The fourth-order valence-corrected chi connectivity index (χ4v) is 1.32. The van der Waals surface area contributed by atoms with E-state index in [1.165, 1.54) is 0 Å². The van der Waals surface area contributed by atoms with E-state index < -0.39 is 0 Å². The van der Waals surface area contributed by atoms with Crippen LogP contribution in [0.2, 0.25) is 0 Å². The maximum absolute atomic E-state index is 11.8. The molecule has 0 aliphatic heterocycles. The Labute approximate surface area is 90.7 Å². The van der Waals surface area contributed by atoms with Crippen LogP contribution in [-0.2, 0) is 7.05 Å². The molecule has 4 heteroatoms. The van der Waals surface area contributed by atoms with Crippen molar-refractivity contribution < 1.29 is 4.79 Å². The Balaban J connectivity index is 2.91. The van der Waals surface area contributed by atoms with Gasteiger partial charge >= 0.3 is 0 Å². The Kier molecular flexibility index (Phi) is 3.50. The lowest BCUT2D eigenvalue weighted by Crippen LogP contribution is -2.13. The summed E-state index contributed by atoms with van der Waals surface area (Å²) in [6.45, 7) is 7.84. The normalized spacial score (nSPS) is 11.1. The van der Waals surface area contributed by atoms with Crippen LogP contribution in [0.3, 0.4) is 0 Å². The molecular weight excluding hydrogens is 190 g/mol. The molecule has 0 aliphatic rings. The van der Waals surface area contributed by atoms with Gasteiger partial charge in [0.05, 0.1) is 0 Å². The molecule has 0 saturated heterocycles. The zero-order valence-corrected chi connectivity index (χ0v) is 10.0. The van der Waals surface area contributed by atoms with Crippen molar-refractivity contribution in [2.75, 3.05) is 5.32 Å². The maximum atomic E-state index is 11.8. The molecule has 1 heterocycles. The molecule has 84 valence electrons. The van der Waals surface area contributed by atoms with Crippen LogP contribution in [0.1, 0.15) is 38.3 Å². The summed E-state index contributed by atoms with van der Waals surface area (Å²) in [7, 11) is 1.84. The van der Waals surface area contributed by atoms with Gasteiger partial charge in [0.2, 0.25) is 5.78 Å². The molecule has 0 unspecified atom stereocenters. The van der Waals surface area contributed by atoms with Crippen molar-refractivity contribution in [1.29, 1.82) is 0 Å². The molecule has 0 amide bonds. The zero-order chi connectivity index (χ0) is 11.6. The van der Waals surface area contributed by atoms with Gasteiger partial charge in [-0.15, -0.1) is 0 Å². The number of Topliss-reactive ketones (excluding diaryl/α,β-unsaturated/α-hetero) is 1. The summed E-state index contributed by atoms with van der Waals surface area (Å²) in [4.78, 5) is 16.0. The Morgan fingerprint density at radius 3 is 2.47 bits per heavy atom. The predicted octanol–water partition coefficient (Wildman–Crippen LogP) is 2.08. The molecule has 1 rings (SSSR count). The van der Waals surface area contributed by atoms with E-state index in [0.717, 1.165) is 5.82 Å². The van der Waals surface area contributed by atoms with Crippen LogP contribution in [0.5, 0.6) is 0 Å². The van der Waals surface area contributed by atoms with Crippen LogP contribution in [0.4, 0.5) is 5.82 Å². The van der Waals surface area contributed by atoms with Gasteiger partial charge < -0.3 is 9.88 Å². The van der Waals surface area contributed by atoms with Crippen molar-refractivity contribution >= 4 is 11.6 Å². The second kappa shape index (κ2) is 4.47. The van der Waals surface area contributed by atoms with Gasteiger partial charge in [-0.25, -0.2) is 4.98 Å². The Bertz CT molecular complexity index is 353. The summed E-state index contributed by atoms with van der Waals surface area (Å²) in [6, 6.07) is 0.321. The van der Waals surface area contributed by atoms with Gasteiger partial charge in [0, 0.05) is 25.2 Å². The van der Waals surface area contributed by atoms with Crippen molar-refractivity contribution in [1.82, 2.24) is 9.55 Å². The third-order valence-corrected chi connectivity index (χ3v) is 2.06.